The van der Waals surface area contributed by atoms with Crippen molar-refractivity contribution in [1.82, 2.24) is 0 Å². The minimum Gasteiger partial charge on any atom is -0.384 e. The second-order valence-electron chi connectivity index (χ2n) is 12.5. The van der Waals surface area contributed by atoms with Crippen LogP contribution in [0.5, 0.6) is 0 Å². The van der Waals surface area contributed by atoms with Crippen molar-refractivity contribution in [3.8, 4) is 0 Å². The van der Waals surface area contributed by atoms with Crippen molar-refractivity contribution in [3.05, 3.63) is 0 Å². The van der Waals surface area contributed by atoms with Gasteiger partial charge in [-0.25, -0.2) is 4.57 Å². The van der Waals surface area contributed by atoms with E-state index in [-0.39, 0.29) is 18.6 Å². The molecule has 0 radical (unpaired) electrons. The van der Waals surface area contributed by atoms with Gasteiger partial charge in [0, 0.05) is 25.2 Å². The van der Waals surface area contributed by atoms with Crippen molar-refractivity contribution in [2.24, 2.45) is 5.92 Å². The van der Waals surface area contributed by atoms with Crippen molar-refractivity contribution in [2.45, 2.75) is 135 Å². The molecule has 8 heteroatoms. The van der Waals surface area contributed by atoms with Crippen molar-refractivity contribution in [2.75, 3.05) is 59.0 Å². The lowest BCUT2D eigenvalue weighted by atomic mass is 10.0. The second kappa shape index (κ2) is 23.9. The Morgan fingerprint density at radius 1 is 0.821 bits per heavy atom. The molecule has 0 bridgehead atoms. The summed E-state index contributed by atoms with van der Waals surface area (Å²) in [6.45, 7) is 5.03. The molecule has 0 amide bonds. The van der Waals surface area contributed by atoms with Crippen LogP contribution in [0.25, 0.3) is 0 Å². The lowest BCUT2D eigenvalue weighted by Gasteiger charge is -2.28. The summed E-state index contributed by atoms with van der Waals surface area (Å²) in [5, 5.41) is 0. The van der Waals surface area contributed by atoms with E-state index in [2.05, 4.69) is 21.0 Å². The first kappa shape index (κ1) is 37.4. The van der Waals surface area contributed by atoms with Gasteiger partial charge < -0.3 is 14.1 Å². The SMILES string of the molecule is CCCCCCCCCCCCCCCCCCSCC(COC)COP(=O)(O)OC1CCC[N+](C)(C)CC1. The van der Waals surface area contributed by atoms with E-state index in [1.807, 2.05) is 11.8 Å². The maximum Gasteiger partial charge on any atom is 0.472 e. The van der Waals surface area contributed by atoms with E-state index in [4.69, 9.17) is 13.8 Å². The quantitative estimate of drug-likeness (QED) is 0.0612. The first-order valence-corrected chi connectivity index (χ1v) is 19.0. The zero-order valence-electron chi connectivity index (χ0n) is 26.2. The van der Waals surface area contributed by atoms with Gasteiger partial charge in [0.2, 0.25) is 0 Å². The summed E-state index contributed by atoms with van der Waals surface area (Å²) in [6.07, 6.45) is 24.7. The average molecular weight is 595 g/mol. The monoisotopic (exact) mass is 594 g/mol. The molecule has 1 fully saturated rings. The zero-order valence-corrected chi connectivity index (χ0v) is 27.9. The number of rotatable bonds is 26. The lowest BCUT2D eigenvalue weighted by molar-refractivity contribution is -0.889. The number of hydrogen-bond donors (Lipinski definition) is 1. The van der Waals surface area contributed by atoms with E-state index in [1.165, 1.54) is 103 Å². The van der Waals surface area contributed by atoms with Crippen LogP contribution in [0.15, 0.2) is 0 Å². The topological polar surface area (TPSA) is 65.0 Å². The smallest absolute Gasteiger partial charge is 0.384 e. The van der Waals surface area contributed by atoms with E-state index in [9.17, 15) is 9.46 Å². The molecular formula is C31H65NO5PS+. The van der Waals surface area contributed by atoms with Gasteiger partial charge in [0.05, 0.1) is 46.5 Å². The fourth-order valence-corrected chi connectivity index (χ4v) is 7.55. The molecule has 1 N–H and O–H groups in total. The van der Waals surface area contributed by atoms with Gasteiger partial charge in [-0.2, -0.15) is 11.8 Å². The third-order valence-electron chi connectivity index (χ3n) is 8.00. The van der Waals surface area contributed by atoms with Gasteiger partial charge in [0.15, 0.2) is 0 Å². The van der Waals surface area contributed by atoms with E-state index in [1.54, 1.807) is 7.11 Å². The minimum atomic E-state index is -4.05. The van der Waals surface area contributed by atoms with Crippen molar-refractivity contribution in [3.63, 3.8) is 0 Å². The number of phosphoric ester groups is 1. The highest BCUT2D eigenvalue weighted by Gasteiger charge is 2.31. The number of phosphoric acid groups is 1. The fourth-order valence-electron chi connectivity index (χ4n) is 5.40. The van der Waals surface area contributed by atoms with Gasteiger partial charge in [0.25, 0.3) is 0 Å². The predicted octanol–water partition coefficient (Wildman–Crippen LogP) is 9.01. The highest BCUT2D eigenvalue weighted by atomic mass is 32.2. The molecule has 1 aliphatic rings. The van der Waals surface area contributed by atoms with Gasteiger partial charge in [-0.15, -0.1) is 0 Å². The molecule has 0 aromatic heterocycles. The average Bonchev–Trinajstić information content (AvgIpc) is 3.06. The summed E-state index contributed by atoms with van der Waals surface area (Å²) < 4.78 is 29.8. The van der Waals surface area contributed by atoms with Crippen molar-refractivity contribution >= 4 is 19.6 Å². The van der Waals surface area contributed by atoms with Gasteiger partial charge >= 0.3 is 7.82 Å². The Morgan fingerprint density at radius 3 is 1.90 bits per heavy atom. The standard InChI is InChI=1S/C31H64NO5PS/c1-5-6-7-8-9-10-11-12-13-14-15-16-17-18-19-20-26-39-29-30(27-35-4)28-36-38(33,34)37-31-22-21-24-32(2,3)25-23-31/h30-31H,5-29H2,1-4H3/p+1. The van der Waals surface area contributed by atoms with Crippen LogP contribution in [-0.4, -0.2) is 74.5 Å². The maximum atomic E-state index is 12.6. The van der Waals surface area contributed by atoms with Gasteiger partial charge in [-0.1, -0.05) is 103 Å². The number of ether oxygens (including phenoxy) is 1. The first-order chi connectivity index (χ1) is 18.8. The molecule has 1 heterocycles. The van der Waals surface area contributed by atoms with E-state index in [0.717, 1.165) is 48.3 Å². The molecule has 39 heavy (non-hydrogen) atoms. The molecule has 3 atom stereocenters. The van der Waals surface area contributed by atoms with Gasteiger partial charge in [0.1, 0.15) is 0 Å². The third-order valence-corrected chi connectivity index (χ3v) is 10.3. The van der Waals surface area contributed by atoms with Crippen LogP contribution in [0.2, 0.25) is 0 Å². The molecule has 1 rings (SSSR count). The van der Waals surface area contributed by atoms with Crippen LogP contribution < -0.4 is 0 Å². The fraction of sp³-hybridized carbons (Fsp3) is 1.00. The molecule has 0 spiro atoms. The van der Waals surface area contributed by atoms with Crippen molar-refractivity contribution in [1.29, 1.82) is 0 Å². The van der Waals surface area contributed by atoms with E-state index in [0.29, 0.717) is 6.61 Å². The zero-order chi connectivity index (χ0) is 28.7. The van der Waals surface area contributed by atoms with Gasteiger partial charge in [-0.05, 0) is 25.0 Å². The number of thioether (sulfide) groups is 1. The Kier molecular flexibility index (Phi) is 22.9. The number of methoxy groups -OCH3 is 1. The maximum absolute atomic E-state index is 12.6. The molecule has 1 saturated heterocycles. The third kappa shape index (κ3) is 22.6. The molecule has 1 aliphatic heterocycles. The summed E-state index contributed by atoms with van der Waals surface area (Å²) in [6, 6.07) is 0. The van der Waals surface area contributed by atoms with E-state index < -0.39 is 7.82 Å². The Hall–Kier alpha value is 0.380. The Labute approximate surface area is 246 Å². The number of likely N-dealkylation sites (tertiary alicyclic amines) is 1. The van der Waals surface area contributed by atoms with Crippen LogP contribution >= 0.6 is 19.6 Å². The second-order valence-corrected chi connectivity index (χ2v) is 15.1. The van der Waals surface area contributed by atoms with Crippen LogP contribution in [0.1, 0.15) is 129 Å². The lowest BCUT2D eigenvalue weighted by Crippen LogP contribution is -2.40. The van der Waals surface area contributed by atoms with Crippen LogP contribution in [0, 0.1) is 5.92 Å². The number of quaternary nitrogens is 1. The highest BCUT2D eigenvalue weighted by molar-refractivity contribution is 7.99. The summed E-state index contributed by atoms with van der Waals surface area (Å²) in [4.78, 5) is 10.3. The molecule has 0 aromatic rings. The van der Waals surface area contributed by atoms with Crippen LogP contribution in [-0.2, 0) is 18.3 Å². The largest absolute Gasteiger partial charge is 0.472 e. The van der Waals surface area contributed by atoms with Crippen LogP contribution in [0.3, 0.4) is 0 Å². The summed E-state index contributed by atoms with van der Waals surface area (Å²) >= 11 is 1.90. The Bertz CT molecular complexity index is 610. The molecular weight excluding hydrogens is 529 g/mol. The summed E-state index contributed by atoms with van der Waals surface area (Å²) in [5.74, 6) is 2.10. The Morgan fingerprint density at radius 2 is 1.36 bits per heavy atom. The summed E-state index contributed by atoms with van der Waals surface area (Å²) in [5.41, 5.74) is 0. The molecule has 0 aliphatic carbocycles. The Balaban J connectivity index is 2.00. The highest BCUT2D eigenvalue weighted by Crippen LogP contribution is 2.46. The van der Waals surface area contributed by atoms with E-state index >= 15 is 0 Å². The normalized spacial score (nSPS) is 20.0. The molecule has 0 aromatic carbocycles. The first-order valence-electron chi connectivity index (χ1n) is 16.3. The number of unbranched alkanes of at least 4 members (excludes halogenated alkanes) is 15. The molecule has 0 saturated carbocycles. The number of nitrogens with zero attached hydrogens (tertiary/aromatic N) is 1. The van der Waals surface area contributed by atoms with Gasteiger partial charge in [-0.3, -0.25) is 9.05 Å². The van der Waals surface area contributed by atoms with Crippen molar-refractivity contribution < 1.29 is 27.7 Å². The minimum absolute atomic E-state index is 0.0925. The van der Waals surface area contributed by atoms with Crippen LogP contribution in [0.4, 0.5) is 0 Å². The molecule has 3 unspecified atom stereocenters. The summed E-state index contributed by atoms with van der Waals surface area (Å²) in [7, 11) is 2.02. The molecule has 234 valence electrons. The molecule has 6 nitrogen and oxygen atoms in total. The predicted molar refractivity (Wildman–Crippen MR) is 169 cm³/mol. The number of hydrogen-bond acceptors (Lipinski definition) is 5.